The Kier molecular flexibility index (Phi) is 8.15. The number of benzene rings is 3. The molecule has 39 heavy (non-hydrogen) atoms. The van der Waals surface area contributed by atoms with E-state index >= 15 is 0 Å². The molecule has 204 valence electrons. The number of anilines is 2. The molecule has 0 aromatic heterocycles. The van der Waals surface area contributed by atoms with Crippen molar-refractivity contribution in [1.29, 1.82) is 0 Å². The lowest BCUT2D eigenvalue weighted by Crippen LogP contribution is -2.28. The van der Waals surface area contributed by atoms with Gasteiger partial charge >= 0.3 is 12.1 Å². The van der Waals surface area contributed by atoms with E-state index < -0.39 is 36.1 Å². The average Bonchev–Trinajstić information content (AvgIpc) is 3.27. The third kappa shape index (κ3) is 6.88. The summed E-state index contributed by atoms with van der Waals surface area (Å²) in [5, 5.41) is 2.10. The lowest BCUT2D eigenvalue weighted by Gasteiger charge is -2.17. The van der Waals surface area contributed by atoms with Crippen LogP contribution in [0.25, 0.3) is 0 Å². The third-order valence-corrected chi connectivity index (χ3v) is 6.56. The minimum atomic E-state index is -4.62. The highest BCUT2D eigenvalue weighted by Crippen LogP contribution is 2.34. The predicted molar refractivity (Wildman–Crippen MR) is 139 cm³/mol. The quantitative estimate of drug-likeness (QED) is 0.343. The molecule has 2 amide bonds. The Hall–Kier alpha value is -4.05. The molecule has 3 aromatic rings. The van der Waals surface area contributed by atoms with E-state index in [1.54, 1.807) is 24.3 Å². The molecule has 1 aliphatic rings. The number of rotatable bonds is 7. The smallest absolute Gasteiger partial charge is 0.416 e. The summed E-state index contributed by atoms with van der Waals surface area (Å²) in [5.41, 5.74) is 1.56. The van der Waals surface area contributed by atoms with Gasteiger partial charge in [-0.3, -0.25) is 14.4 Å². The molecule has 0 unspecified atom stereocenters. The summed E-state index contributed by atoms with van der Waals surface area (Å²) in [6, 6.07) is 15.1. The Bertz CT molecular complexity index is 1410. The average molecular weight is 561 g/mol. The van der Waals surface area contributed by atoms with Gasteiger partial charge in [0.05, 0.1) is 22.2 Å². The van der Waals surface area contributed by atoms with Gasteiger partial charge in [0.1, 0.15) is 11.5 Å². The van der Waals surface area contributed by atoms with E-state index in [-0.39, 0.29) is 29.6 Å². The first-order chi connectivity index (χ1) is 18.4. The molecule has 1 N–H and O–H groups in total. The number of nitrogens with zero attached hydrogens (tertiary/aromatic N) is 1. The Morgan fingerprint density at radius 1 is 1.00 bits per heavy atom. The van der Waals surface area contributed by atoms with Crippen LogP contribution in [0.5, 0.6) is 11.5 Å². The van der Waals surface area contributed by atoms with Crippen LogP contribution in [0.2, 0.25) is 5.02 Å². The Morgan fingerprint density at radius 2 is 1.69 bits per heavy atom. The summed E-state index contributed by atoms with van der Waals surface area (Å²) in [5.74, 6) is -1.48. The highest BCUT2D eigenvalue weighted by molar-refractivity contribution is 6.33. The molecule has 1 fully saturated rings. The molecule has 7 nitrogen and oxygen atoms in total. The zero-order valence-electron chi connectivity index (χ0n) is 21.0. The zero-order chi connectivity index (χ0) is 28.3. The van der Waals surface area contributed by atoms with Crippen molar-refractivity contribution in [2.45, 2.75) is 26.4 Å². The first-order valence-corrected chi connectivity index (χ1v) is 12.3. The van der Waals surface area contributed by atoms with Gasteiger partial charge in [-0.25, -0.2) is 0 Å². The highest BCUT2D eigenvalue weighted by atomic mass is 35.5. The summed E-state index contributed by atoms with van der Waals surface area (Å²) in [6.45, 7) is 3.30. The first kappa shape index (κ1) is 28.0. The van der Waals surface area contributed by atoms with Crippen LogP contribution in [0.3, 0.4) is 0 Å². The van der Waals surface area contributed by atoms with Gasteiger partial charge in [-0.1, -0.05) is 17.7 Å². The second-order valence-corrected chi connectivity index (χ2v) is 9.50. The van der Waals surface area contributed by atoms with Crippen LogP contribution in [0.15, 0.2) is 60.7 Å². The topological polar surface area (TPSA) is 84.9 Å². The van der Waals surface area contributed by atoms with Crippen LogP contribution in [-0.4, -0.2) is 30.9 Å². The van der Waals surface area contributed by atoms with Crippen molar-refractivity contribution in [1.82, 2.24) is 0 Å². The number of carbonyl (C=O) groups excluding carboxylic acids is 3. The third-order valence-electron chi connectivity index (χ3n) is 6.23. The van der Waals surface area contributed by atoms with Gasteiger partial charge in [-0.05, 0) is 79.6 Å². The van der Waals surface area contributed by atoms with Crippen molar-refractivity contribution >= 4 is 40.8 Å². The van der Waals surface area contributed by atoms with Crippen LogP contribution in [-0.2, 0) is 25.3 Å². The Balaban J connectivity index is 1.31. The summed E-state index contributed by atoms with van der Waals surface area (Å²) < 4.78 is 49.6. The molecule has 1 heterocycles. The highest BCUT2D eigenvalue weighted by Gasteiger charge is 2.36. The van der Waals surface area contributed by atoms with Gasteiger partial charge in [-0.15, -0.1) is 0 Å². The largest absolute Gasteiger partial charge is 0.457 e. The first-order valence-electron chi connectivity index (χ1n) is 11.9. The summed E-state index contributed by atoms with van der Waals surface area (Å²) in [6.07, 6.45) is -4.73. The van der Waals surface area contributed by atoms with E-state index in [1.165, 1.54) is 4.90 Å². The van der Waals surface area contributed by atoms with Crippen molar-refractivity contribution in [2.24, 2.45) is 5.92 Å². The standard InChI is InChI=1S/C28H24ClF3N2O5/c1-16-3-7-22(11-17(16)2)39-21-8-5-20(6-9-21)34-14-18(12-26(34)36)27(37)38-15-25(35)33-24-13-19(28(30,31)32)4-10-23(24)29/h3-11,13,18H,12,14-15H2,1-2H3,(H,33,35)/t18-/m1/s1. The number of nitrogens with one attached hydrogen (secondary N) is 1. The van der Waals surface area contributed by atoms with Gasteiger partial charge in [0.25, 0.3) is 5.91 Å². The molecule has 0 radical (unpaired) electrons. The van der Waals surface area contributed by atoms with E-state index in [0.717, 1.165) is 23.3 Å². The Morgan fingerprint density at radius 3 is 2.36 bits per heavy atom. The van der Waals surface area contributed by atoms with Crippen molar-refractivity contribution in [3.8, 4) is 11.5 Å². The second-order valence-electron chi connectivity index (χ2n) is 9.10. The number of esters is 1. The number of aryl methyl sites for hydroxylation is 2. The molecule has 11 heteroatoms. The molecule has 0 bridgehead atoms. The van der Waals surface area contributed by atoms with Crippen LogP contribution < -0.4 is 15.0 Å². The van der Waals surface area contributed by atoms with Gasteiger partial charge in [0.2, 0.25) is 5.91 Å². The molecule has 1 atom stereocenters. The maximum absolute atomic E-state index is 12.9. The number of alkyl halides is 3. The van der Waals surface area contributed by atoms with E-state index in [4.69, 9.17) is 21.1 Å². The van der Waals surface area contributed by atoms with E-state index in [1.807, 2.05) is 32.0 Å². The van der Waals surface area contributed by atoms with E-state index in [2.05, 4.69) is 5.32 Å². The minimum Gasteiger partial charge on any atom is -0.457 e. The molecule has 1 aliphatic heterocycles. The Labute approximate surface area is 227 Å². The van der Waals surface area contributed by atoms with Gasteiger partial charge in [-0.2, -0.15) is 13.2 Å². The molecule has 0 spiro atoms. The molecule has 4 rings (SSSR count). The van der Waals surface area contributed by atoms with E-state index in [0.29, 0.717) is 23.3 Å². The molecule has 0 saturated carbocycles. The number of hydrogen-bond donors (Lipinski definition) is 1. The summed E-state index contributed by atoms with van der Waals surface area (Å²) >= 11 is 5.87. The maximum atomic E-state index is 12.9. The number of hydrogen-bond acceptors (Lipinski definition) is 5. The fraction of sp³-hybridized carbons (Fsp3) is 0.250. The SMILES string of the molecule is Cc1ccc(Oc2ccc(N3C[C@H](C(=O)OCC(=O)Nc4cc(C(F)(F)F)ccc4Cl)CC3=O)cc2)cc1C. The molecule has 0 aliphatic carbocycles. The lowest BCUT2D eigenvalue weighted by molar-refractivity contribution is -0.151. The number of carbonyl (C=O) groups is 3. The summed E-state index contributed by atoms with van der Waals surface area (Å²) in [7, 11) is 0. The van der Waals surface area contributed by atoms with Gasteiger partial charge < -0.3 is 19.7 Å². The zero-order valence-corrected chi connectivity index (χ0v) is 21.7. The van der Waals surface area contributed by atoms with Crippen molar-refractivity contribution < 1.29 is 37.0 Å². The molecular weight excluding hydrogens is 537 g/mol. The molecule has 3 aromatic carbocycles. The molecule has 1 saturated heterocycles. The van der Waals surface area contributed by atoms with Gasteiger partial charge in [0.15, 0.2) is 6.61 Å². The van der Waals surface area contributed by atoms with Crippen LogP contribution in [0, 0.1) is 19.8 Å². The van der Waals surface area contributed by atoms with Crippen molar-refractivity contribution in [3.05, 3.63) is 82.4 Å². The minimum absolute atomic E-state index is 0.0517. The van der Waals surface area contributed by atoms with Crippen molar-refractivity contribution in [3.63, 3.8) is 0 Å². The monoisotopic (exact) mass is 560 g/mol. The summed E-state index contributed by atoms with van der Waals surface area (Å²) in [4.78, 5) is 38.7. The number of halogens is 4. The number of amides is 2. The van der Waals surface area contributed by atoms with Crippen LogP contribution in [0.4, 0.5) is 24.5 Å². The maximum Gasteiger partial charge on any atom is 0.416 e. The fourth-order valence-corrected chi connectivity index (χ4v) is 4.13. The normalized spacial score (nSPS) is 15.3. The second kappa shape index (κ2) is 11.4. The fourth-order valence-electron chi connectivity index (χ4n) is 3.96. The molecular formula is C28H24ClF3N2O5. The lowest BCUT2D eigenvalue weighted by atomic mass is 10.1. The van der Waals surface area contributed by atoms with Crippen molar-refractivity contribution in [2.75, 3.05) is 23.4 Å². The predicted octanol–water partition coefficient (Wildman–Crippen LogP) is 6.30. The van der Waals surface area contributed by atoms with E-state index in [9.17, 15) is 27.6 Å². The van der Waals surface area contributed by atoms with Crippen LogP contribution in [0.1, 0.15) is 23.1 Å². The number of ether oxygens (including phenoxy) is 2. The van der Waals surface area contributed by atoms with Gasteiger partial charge in [0, 0.05) is 18.7 Å². The van der Waals surface area contributed by atoms with Crippen LogP contribution >= 0.6 is 11.6 Å².